The van der Waals surface area contributed by atoms with Gasteiger partial charge in [-0.3, -0.25) is 9.48 Å². The van der Waals surface area contributed by atoms with Crippen molar-refractivity contribution in [3.63, 3.8) is 0 Å². The lowest BCUT2D eigenvalue weighted by molar-refractivity contribution is -0.120. The molecule has 2 aliphatic rings. The van der Waals surface area contributed by atoms with Gasteiger partial charge in [-0.1, -0.05) is 17.7 Å². The number of carbonyl (C=O) groups is 1. The number of fused-ring (bicyclic) bond motifs is 1. The molecule has 0 saturated heterocycles. The smallest absolute Gasteiger partial charge is 0.230 e. The largest absolute Gasteiger partial charge is 0.312 e. The van der Waals surface area contributed by atoms with Crippen LogP contribution >= 0.6 is 0 Å². The molecule has 2 aromatic rings. The first-order valence-corrected chi connectivity index (χ1v) is 8.44. The van der Waals surface area contributed by atoms with Crippen LogP contribution in [-0.4, -0.2) is 22.2 Å². The van der Waals surface area contributed by atoms with Crippen LogP contribution in [0.2, 0.25) is 0 Å². The van der Waals surface area contributed by atoms with E-state index < -0.39 is 0 Å². The van der Waals surface area contributed by atoms with E-state index in [1.165, 1.54) is 27.9 Å². The Balaban J connectivity index is 1.60. The van der Waals surface area contributed by atoms with Gasteiger partial charge in [0.2, 0.25) is 5.91 Å². The molecule has 23 heavy (non-hydrogen) atoms. The number of hydrogen-bond donors (Lipinski definition) is 0. The van der Waals surface area contributed by atoms with Crippen molar-refractivity contribution in [3.05, 3.63) is 46.8 Å². The van der Waals surface area contributed by atoms with Crippen LogP contribution in [0.3, 0.4) is 0 Å². The van der Waals surface area contributed by atoms with Gasteiger partial charge in [0.15, 0.2) is 0 Å². The van der Waals surface area contributed by atoms with E-state index in [2.05, 4.69) is 36.0 Å². The van der Waals surface area contributed by atoms with Crippen molar-refractivity contribution < 1.29 is 4.79 Å². The SMILES string of the molecule is Cc1cc(C)c2c(c1)CCCN2C(=O)C1CC1c1cnn(C)c1. The minimum absolute atomic E-state index is 0.130. The molecule has 4 heteroatoms. The lowest BCUT2D eigenvalue weighted by atomic mass is 9.95. The summed E-state index contributed by atoms with van der Waals surface area (Å²) in [6.07, 6.45) is 7.04. The third-order valence-electron chi connectivity index (χ3n) is 5.15. The van der Waals surface area contributed by atoms with Crippen LogP contribution in [0.4, 0.5) is 5.69 Å². The molecule has 1 aliphatic heterocycles. The summed E-state index contributed by atoms with van der Waals surface area (Å²) in [5, 5.41) is 4.24. The quantitative estimate of drug-likeness (QED) is 0.855. The van der Waals surface area contributed by atoms with Crippen molar-refractivity contribution in [1.29, 1.82) is 0 Å². The number of aryl methyl sites for hydroxylation is 4. The maximum Gasteiger partial charge on any atom is 0.230 e. The van der Waals surface area contributed by atoms with Crippen LogP contribution < -0.4 is 4.90 Å². The van der Waals surface area contributed by atoms with Crippen LogP contribution in [0, 0.1) is 19.8 Å². The zero-order chi connectivity index (χ0) is 16.1. The Morgan fingerprint density at radius 1 is 1.30 bits per heavy atom. The molecule has 2 heterocycles. The molecule has 4 nitrogen and oxygen atoms in total. The maximum absolute atomic E-state index is 13.0. The summed E-state index contributed by atoms with van der Waals surface area (Å²) >= 11 is 0. The molecule has 0 spiro atoms. The second kappa shape index (κ2) is 5.22. The summed E-state index contributed by atoms with van der Waals surface area (Å²) in [6, 6.07) is 4.43. The van der Waals surface area contributed by atoms with Gasteiger partial charge in [-0.05, 0) is 55.7 Å². The molecule has 1 fully saturated rings. The fourth-order valence-corrected chi connectivity index (χ4v) is 4.05. The van der Waals surface area contributed by atoms with Gasteiger partial charge in [0, 0.05) is 31.4 Å². The molecule has 0 bridgehead atoms. The van der Waals surface area contributed by atoms with E-state index in [-0.39, 0.29) is 5.92 Å². The van der Waals surface area contributed by atoms with Gasteiger partial charge < -0.3 is 4.90 Å². The van der Waals surface area contributed by atoms with Crippen molar-refractivity contribution in [2.45, 2.75) is 39.0 Å². The number of hydrogen-bond acceptors (Lipinski definition) is 2. The van der Waals surface area contributed by atoms with E-state index in [1.807, 2.05) is 24.1 Å². The van der Waals surface area contributed by atoms with E-state index in [4.69, 9.17) is 0 Å². The molecular formula is C19H23N3O. The molecule has 2 atom stereocenters. The van der Waals surface area contributed by atoms with Crippen molar-refractivity contribution in [1.82, 2.24) is 9.78 Å². The molecule has 4 rings (SSSR count). The third-order valence-corrected chi connectivity index (χ3v) is 5.15. The summed E-state index contributed by atoms with van der Waals surface area (Å²) in [4.78, 5) is 15.1. The number of aromatic nitrogens is 2. The lowest BCUT2D eigenvalue weighted by Crippen LogP contribution is -2.37. The lowest BCUT2D eigenvalue weighted by Gasteiger charge is -2.31. The number of nitrogens with zero attached hydrogens (tertiary/aromatic N) is 3. The Kier molecular flexibility index (Phi) is 3.29. The van der Waals surface area contributed by atoms with Gasteiger partial charge in [-0.25, -0.2) is 0 Å². The Morgan fingerprint density at radius 2 is 2.13 bits per heavy atom. The summed E-state index contributed by atoms with van der Waals surface area (Å²) in [5.41, 5.74) is 6.22. The molecule has 0 radical (unpaired) electrons. The number of rotatable bonds is 2. The van der Waals surface area contributed by atoms with Crippen molar-refractivity contribution in [2.75, 3.05) is 11.4 Å². The molecule has 1 aromatic carbocycles. The second-order valence-electron chi connectivity index (χ2n) is 7.08. The van der Waals surface area contributed by atoms with Gasteiger partial charge in [0.1, 0.15) is 0 Å². The predicted molar refractivity (Wildman–Crippen MR) is 90.6 cm³/mol. The molecule has 0 N–H and O–H groups in total. The highest BCUT2D eigenvalue weighted by Crippen LogP contribution is 2.49. The average molecular weight is 309 g/mol. The van der Waals surface area contributed by atoms with Gasteiger partial charge in [-0.15, -0.1) is 0 Å². The zero-order valence-corrected chi connectivity index (χ0v) is 14.0. The highest BCUT2D eigenvalue weighted by atomic mass is 16.2. The molecule has 2 unspecified atom stereocenters. The summed E-state index contributed by atoms with van der Waals surface area (Å²) in [7, 11) is 1.93. The van der Waals surface area contributed by atoms with E-state index in [1.54, 1.807) is 0 Å². The van der Waals surface area contributed by atoms with E-state index >= 15 is 0 Å². The molecule has 1 saturated carbocycles. The van der Waals surface area contributed by atoms with Gasteiger partial charge >= 0.3 is 0 Å². The van der Waals surface area contributed by atoms with E-state index in [9.17, 15) is 4.79 Å². The summed E-state index contributed by atoms with van der Waals surface area (Å²) in [6.45, 7) is 5.11. The number of anilines is 1. The maximum atomic E-state index is 13.0. The van der Waals surface area contributed by atoms with E-state index in [0.717, 1.165) is 25.8 Å². The minimum atomic E-state index is 0.130. The Labute approximate surface area is 137 Å². The molecule has 1 amide bonds. The van der Waals surface area contributed by atoms with Crippen LogP contribution in [0.15, 0.2) is 24.5 Å². The summed E-state index contributed by atoms with van der Waals surface area (Å²) < 4.78 is 1.82. The number of carbonyl (C=O) groups excluding carboxylic acids is 1. The van der Waals surface area contributed by atoms with Crippen LogP contribution in [0.5, 0.6) is 0 Å². The fourth-order valence-electron chi connectivity index (χ4n) is 4.05. The van der Waals surface area contributed by atoms with Crippen molar-refractivity contribution >= 4 is 11.6 Å². The number of amides is 1. The Morgan fingerprint density at radius 3 is 2.87 bits per heavy atom. The summed E-state index contributed by atoms with van der Waals surface area (Å²) in [5.74, 6) is 0.782. The first-order chi connectivity index (χ1) is 11.0. The Hall–Kier alpha value is -2.10. The minimum Gasteiger partial charge on any atom is -0.312 e. The van der Waals surface area contributed by atoms with Gasteiger partial charge in [0.05, 0.1) is 6.20 Å². The molecule has 120 valence electrons. The van der Waals surface area contributed by atoms with Crippen LogP contribution in [0.25, 0.3) is 0 Å². The fraction of sp³-hybridized carbons (Fsp3) is 0.474. The highest BCUT2D eigenvalue weighted by Gasteiger charge is 2.47. The van der Waals surface area contributed by atoms with E-state index in [0.29, 0.717) is 11.8 Å². The first-order valence-electron chi connectivity index (χ1n) is 8.44. The predicted octanol–water partition coefficient (Wildman–Crippen LogP) is 3.12. The third kappa shape index (κ3) is 2.46. The molecule has 1 aliphatic carbocycles. The Bertz CT molecular complexity index is 777. The van der Waals surface area contributed by atoms with Crippen molar-refractivity contribution in [2.24, 2.45) is 13.0 Å². The molecular weight excluding hydrogens is 286 g/mol. The normalized spacial score (nSPS) is 22.8. The van der Waals surface area contributed by atoms with Crippen LogP contribution in [0.1, 0.15) is 41.0 Å². The highest BCUT2D eigenvalue weighted by molar-refractivity contribution is 5.99. The first kappa shape index (κ1) is 14.5. The average Bonchev–Trinajstić information content (AvgIpc) is 3.20. The second-order valence-corrected chi connectivity index (χ2v) is 7.08. The number of benzene rings is 1. The zero-order valence-electron chi connectivity index (χ0n) is 14.0. The molecule has 1 aromatic heterocycles. The topological polar surface area (TPSA) is 38.1 Å². The van der Waals surface area contributed by atoms with Gasteiger partial charge in [0.25, 0.3) is 0 Å². The van der Waals surface area contributed by atoms with Crippen molar-refractivity contribution in [3.8, 4) is 0 Å². The van der Waals surface area contributed by atoms with Gasteiger partial charge in [-0.2, -0.15) is 5.10 Å². The standard InChI is InChI=1S/C19H23N3O/c1-12-7-13(2)18-14(8-12)5-4-6-22(18)19(23)17-9-16(17)15-10-20-21(3)11-15/h7-8,10-11,16-17H,4-6,9H2,1-3H3. The van der Waals surface area contributed by atoms with Crippen LogP contribution in [-0.2, 0) is 18.3 Å². The monoisotopic (exact) mass is 309 g/mol.